The van der Waals surface area contributed by atoms with Gasteiger partial charge in [-0.3, -0.25) is 14.9 Å². The van der Waals surface area contributed by atoms with Crippen LogP contribution >= 0.6 is 11.6 Å². The lowest BCUT2D eigenvalue weighted by molar-refractivity contribution is -0.384. The molecular formula is C23H21ClFN5O5. The van der Waals surface area contributed by atoms with Crippen LogP contribution in [0, 0.1) is 22.9 Å². The van der Waals surface area contributed by atoms with Crippen molar-refractivity contribution in [3.8, 4) is 11.5 Å². The number of methoxy groups -OCH3 is 1. The van der Waals surface area contributed by atoms with Gasteiger partial charge in [0.2, 0.25) is 5.95 Å². The normalized spacial score (nSPS) is 12.7. The molecule has 1 fully saturated rings. The average Bonchev–Trinajstić information content (AvgIpc) is 3.66. The molecule has 1 aliphatic carbocycles. The summed E-state index contributed by atoms with van der Waals surface area (Å²) >= 11 is 6.39. The Morgan fingerprint density at radius 1 is 1.29 bits per heavy atom. The third-order valence-corrected chi connectivity index (χ3v) is 5.77. The number of anilines is 2. The van der Waals surface area contributed by atoms with Gasteiger partial charge < -0.3 is 20.1 Å². The van der Waals surface area contributed by atoms with Crippen molar-refractivity contribution in [1.82, 2.24) is 15.3 Å². The standard InChI is InChI=1S/C23H21ClFN5O5/c1-12-17(25)5-6-18(30(32)33)21(12)29-23-26-9-16(10-27-23)35-11-14-7-13(8-19(34-2)20(14)24)22(31)28-15-3-4-15/h5-10,15H,3-4,11H2,1-2H3,(H,28,31)(H,26,27,29). The highest BCUT2D eigenvalue weighted by Crippen LogP contribution is 2.33. The van der Waals surface area contributed by atoms with Crippen LogP contribution in [0.15, 0.2) is 36.7 Å². The minimum absolute atomic E-state index is 0.00432. The number of nitrogens with one attached hydrogen (secondary N) is 2. The van der Waals surface area contributed by atoms with Crippen molar-refractivity contribution in [2.45, 2.75) is 32.4 Å². The maximum Gasteiger partial charge on any atom is 0.293 e. The van der Waals surface area contributed by atoms with Crippen LogP contribution in [-0.2, 0) is 6.61 Å². The predicted molar refractivity (Wildman–Crippen MR) is 126 cm³/mol. The Labute approximate surface area is 204 Å². The van der Waals surface area contributed by atoms with Crippen molar-refractivity contribution < 1.29 is 23.6 Å². The van der Waals surface area contributed by atoms with Crippen LogP contribution in [0.25, 0.3) is 0 Å². The molecule has 3 aromatic rings. The smallest absolute Gasteiger partial charge is 0.293 e. The first-order valence-electron chi connectivity index (χ1n) is 10.6. The zero-order chi connectivity index (χ0) is 25.1. The van der Waals surface area contributed by atoms with Crippen LogP contribution in [0.4, 0.5) is 21.7 Å². The van der Waals surface area contributed by atoms with Gasteiger partial charge in [-0.15, -0.1) is 0 Å². The minimum Gasteiger partial charge on any atom is -0.495 e. The van der Waals surface area contributed by atoms with Crippen LogP contribution in [0.3, 0.4) is 0 Å². The van der Waals surface area contributed by atoms with E-state index in [1.54, 1.807) is 12.1 Å². The summed E-state index contributed by atoms with van der Waals surface area (Å²) in [6, 6.07) is 5.50. The van der Waals surface area contributed by atoms with E-state index in [1.807, 2.05) is 0 Å². The molecule has 182 valence electrons. The van der Waals surface area contributed by atoms with Crippen molar-refractivity contribution in [3.63, 3.8) is 0 Å². The fraction of sp³-hybridized carbons (Fsp3) is 0.261. The monoisotopic (exact) mass is 501 g/mol. The molecule has 0 atom stereocenters. The van der Waals surface area contributed by atoms with Crippen molar-refractivity contribution in [2.24, 2.45) is 0 Å². The van der Waals surface area contributed by atoms with Gasteiger partial charge in [0, 0.05) is 28.8 Å². The Morgan fingerprint density at radius 2 is 2.00 bits per heavy atom. The van der Waals surface area contributed by atoms with E-state index in [0.29, 0.717) is 21.9 Å². The maximum atomic E-state index is 13.9. The molecule has 10 nitrogen and oxygen atoms in total. The number of hydrogen-bond acceptors (Lipinski definition) is 8. The van der Waals surface area contributed by atoms with Gasteiger partial charge in [-0.2, -0.15) is 0 Å². The molecule has 0 radical (unpaired) electrons. The molecule has 0 spiro atoms. The molecule has 1 aromatic heterocycles. The van der Waals surface area contributed by atoms with Crippen LogP contribution in [0.5, 0.6) is 11.5 Å². The molecule has 2 aromatic carbocycles. The molecular weight excluding hydrogens is 481 g/mol. The van der Waals surface area contributed by atoms with E-state index in [4.69, 9.17) is 21.1 Å². The van der Waals surface area contributed by atoms with Gasteiger partial charge >= 0.3 is 0 Å². The van der Waals surface area contributed by atoms with Crippen molar-refractivity contribution in [2.75, 3.05) is 12.4 Å². The van der Waals surface area contributed by atoms with E-state index < -0.39 is 10.7 Å². The number of benzene rings is 2. The zero-order valence-electron chi connectivity index (χ0n) is 18.8. The molecule has 35 heavy (non-hydrogen) atoms. The number of rotatable bonds is 9. The van der Waals surface area contributed by atoms with Crippen molar-refractivity contribution in [1.29, 1.82) is 0 Å². The Balaban J connectivity index is 1.48. The molecule has 1 saturated carbocycles. The van der Waals surface area contributed by atoms with E-state index in [9.17, 15) is 19.3 Å². The van der Waals surface area contributed by atoms with Gasteiger partial charge in [-0.25, -0.2) is 14.4 Å². The second-order valence-corrected chi connectivity index (χ2v) is 8.26. The largest absolute Gasteiger partial charge is 0.495 e. The molecule has 12 heteroatoms. The third kappa shape index (κ3) is 5.57. The summed E-state index contributed by atoms with van der Waals surface area (Å²) in [5, 5.41) is 17.2. The van der Waals surface area contributed by atoms with E-state index >= 15 is 0 Å². The number of ether oxygens (including phenoxy) is 2. The number of carbonyl (C=O) groups excluding carboxylic acids is 1. The van der Waals surface area contributed by atoms with Crippen LogP contribution in [-0.4, -0.2) is 34.0 Å². The van der Waals surface area contributed by atoms with Gasteiger partial charge in [0.1, 0.15) is 23.9 Å². The topological polar surface area (TPSA) is 129 Å². The number of hydrogen-bond donors (Lipinski definition) is 2. The number of nitro groups is 1. The highest BCUT2D eigenvalue weighted by atomic mass is 35.5. The number of nitrogens with zero attached hydrogens (tertiary/aromatic N) is 3. The van der Waals surface area contributed by atoms with Gasteiger partial charge in [-0.05, 0) is 38.0 Å². The number of amides is 1. The number of halogens is 2. The second kappa shape index (κ2) is 10.1. The van der Waals surface area contributed by atoms with Gasteiger partial charge in [-0.1, -0.05) is 11.6 Å². The minimum atomic E-state index is -0.622. The molecule has 1 aliphatic rings. The van der Waals surface area contributed by atoms with Gasteiger partial charge in [0.25, 0.3) is 11.6 Å². The number of aromatic nitrogens is 2. The second-order valence-electron chi connectivity index (χ2n) is 7.88. The molecule has 1 heterocycles. The van der Waals surface area contributed by atoms with E-state index in [2.05, 4.69) is 20.6 Å². The van der Waals surface area contributed by atoms with Crippen LogP contribution in [0.2, 0.25) is 5.02 Å². The van der Waals surface area contributed by atoms with E-state index in [1.165, 1.54) is 26.4 Å². The summed E-state index contributed by atoms with van der Waals surface area (Å²) in [5.41, 5.74) is 0.656. The summed E-state index contributed by atoms with van der Waals surface area (Å²) in [7, 11) is 1.46. The fourth-order valence-electron chi connectivity index (χ4n) is 3.25. The summed E-state index contributed by atoms with van der Waals surface area (Å²) < 4.78 is 24.9. The average molecular weight is 502 g/mol. The first kappa shape index (κ1) is 24.1. The summed E-state index contributed by atoms with van der Waals surface area (Å²) in [6.45, 7) is 1.42. The maximum absolute atomic E-state index is 13.9. The lowest BCUT2D eigenvalue weighted by Gasteiger charge is -2.13. The molecule has 4 rings (SSSR count). The highest BCUT2D eigenvalue weighted by Gasteiger charge is 2.25. The molecule has 1 amide bonds. The van der Waals surface area contributed by atoms with E-state index in [0.717, 1.165) is 25.0 Å². The molecule has 0 unspecified atom stereocenters. The van der Waals surface area contributed by atoms with Crippen LogP contribution < -0.4 is 20.1 Å². The quantitative estimate of drug-likeness (QED) is 0.318. The first-order chi connectivity index (χ1) is 16.8. The third-order valence-electron chi connectivity index (χ3n) is 5.34. The Morgan fingerprint density at radius 3 is 2.63 bits per heavy atom. The number of carbonyl (C=O) groups is 1. The fourth-order valence-corrected chi connectivity index (χ4v) is 3.49. The SMILES string of the molecule is COc1cc(C(=O)NC2CC2)cc(COc2cnc(Nc3c([N+](=O)[O-])ccc(F)c3C)nc2)c1Cl. The molecule has 2 N–H and O–H groups in total. The summed E-state index contributed by atoms with van der Waals surface area (Å²) in [5.74, 6) is -0.171. The number of nitro benzene ring substituents is 1. The van der Waals surface area contributed by atoms with E-state index in [-0.39, 0.29) is 47.2 Å². The Hall–Kier alpha value is -3.99. The van der Waals surface area contributed by atoms with Crippen LogP contribution in [0.1, 0.15) is 34.3 Å². The Bertz CT molecular complexity index is 1280. The molecule has 0 aliphatic heterocycles. The first-order valence-corrected chi connectivity index (χ1v) is 11.0. The predicted octanol–water partition coefficient (Wildman–Crippen LogP) is 4.71. The Kier molecular flexibility index (Phi) is 6.97. The molecule has 0 bridgehead atoms. The molecule has 0 saturated heterocycles. The van der Waals surface area contributed by atoms with Crippen molar-refractivity contribution >= 4 is 34.8 Å². The highest BCUT2D eigenvalue weighted by molar-refractivity contribution is 6.33. The summed E-state index contributed by atoms with van der Waals surface area (Å²) in [6.07, 6.45) is 4.63. The van der Waals surface area contributed by atoms with Crippen molar-refractivity contribution in [3.05, 3.63) is 74.3 Å². The van der Waals surface area contributed by atoms with Gasteiger partial charge in [0.15, 0.2) is 5.75 Å². The lowest BCUT2D eigenvalue weighted by atomic mass is 10.1. The van der Waals surface area contributed by atoms with Gasteiger partial charge in [0.05, 0.1) is 29.4 Å². The summed E-state index contributed by atoms with van der Waals surface area (Å²) in [4.78, 5) is 31.3. The zero-order valence-corrected chi connectivity index (χ0v) is 19.6. The lowest BCUT2D eigenvalue weighted by Crippen LogP contribution is -2.25.